The van der Waals surface area contributed by atoms with Gasteiger partial charge >= 0.3 is 0 Å². The van der Waals surface area contributed by atoms with Crippen molar-refractivity contribution in [1.82, 2.24) is 24.5 Å². The fourth-order valence-corrected chi connectivity index (χ4v) is 4.68. The predicted octanol–water partition coefficient (Wildman–Crippen LogP) is 2.39. The van der Waals surface area contributed by atoms with E-state index in [0.717, 1.165) is 68.5 Å². The van der Waals surface area contributed by atoms with Crippen LogP contribution in [0.2, 0.25) is 0 Å². The number of benzene rings is 1. The van der Waals surface area contributed by atoms with Crippen molar-refractivity contribution >= 4 is 22.9 Å². The maximum atomic E-state index is 5.69. The van der Waals surface area contributed by atoms with Crippen molar-refractivity contribution in [2.75, 3.05) is 55.7 Å². The standard InChI is InChI=1S/C23H32N8O/c24-10-4-3-6-18-7-5-11-30(16-18)22-26-21(29-12-14-32-15-13-29)27-23(28-22)31-17-25-19-8-1-2-9-20(19)31/h1-2,8-9,17-18H,3-7,10-16,24H2. The van der Waals surface area contributed by atoms with Crippen LogP contribution in [0.5, 0.6) is 0 Å². The second kappa shape index (κ2) is 9.79. The number of imidazole rings is 1. The Balaban J connectivity index is 1.48. The van der Waals surface area contributed by atoms with Gasteiger partial charge in [-0.3, -0.25) is 4.57 Å². The molecule has 9 nitrogen and oxygen atoms in total. The van der Waals surface area contributed by atoms with Gasteiger partial charge in [0.15, 0.2) is 0 Å². The van der Waals surface area contributed by atoms with Gasteiger partial charge in [-0.15, -0.1) is 0 Å². The van der Waals surface area contributed by atoms with E-state index in [-0.39, 0.29) is 0 Å². The first-order valence-electron chi connectivity index (χ1n) is 11.8. The molecule has 2 aromatic heterocycles. The Hall–Kier alpha value is -2.78. The minimum absolute atomic E-state index is 0.621. The number of nitrogens with two attached hydrogens (primary N) is 1. The maximum Gasteiger partial charge on any atom is 0.242 e. The number of rotatable bonds is 7. The Morgan fingerprint density at radius 1 is 0.938 bits per heavy atom. The van der Waals surface area contributed by atoms with Crippen LogP contribution < -0.4 is 15.5 Å². The van der Waals surface area contributed by atoms with Crippen molar-refractivity contribution in [3.63, 3.8) is 0 Å². The lowest BCUT2D eigenvalue weighted by molar-refractivity contribution is 0.122. The SMILES string of the molecule is NCCCCC1CCCN(c2nc(N3CCOCC3)nc(-n3cnc4ccccc43)n2)C1. The molecule has 3 aromatic rings. The van der Waals surface area contributed by atoms with E-state index in [4.69, 9.17) is 25.4 Å². The molecule has 2 fully saturated rings. The molecule has 2 aliphatic rings. The lowest BCUT2D eigenvalue weighted by atomic mass is 9.93. The normalized spacial score (nSPS) is 19.6. The summed E-state index contributed by atoms with van der Waals surface area (Å²) in [6.07, 6.45) is 7.74. The van der Waals surface area contributed by atoms with E-state index in [1.54, 1.807) is 6.33 Å². The summed E-state index contributed by atoms with van der Waals surface area (Å²) in [6, 6.07) is 8.07. The molecule has 5 rings (SSSR count). The highest BCUT2D eigenvalue weighted by atomic mass is 16.5. The minimum Gasteiger partial charge on any atom is -0.378 e. The summed E-state index contributed by atoms with van der Waals surface area (Å²) in [5, 5.41) is 0. The zero-order valence-electron chi connectivity index (χ0n) is 18.6. The summed E-state index contributed by atoms with van der Waals surface area (Å²) in [7, 11) is 0. The van der Waals surface area contributed by atoms with E-state index >= 15 is 0 Å². The zero-order chi connectivity index (χ0) is 21.8. The Bertz CT molecular complexity index is 1030. The summed E-state index contributed by atoms with van der Waals surface area (Å²) in [5.74, 6) is 2.76. The Morgan fingerprint density at radius 2 is 1.72 bits per heavy atom. The smallest absolute Gasteiger partial charge is 0.242 e. The van der Waals surface area contributed by atoms with Gasteiger partial charge in [-0.1, -0.05) is 18.6 Å². The molecule has 1 atom stereocenters. The highest BCUT2D eigenvalue weighted by Crippen LogP contribution is 2.26. The van der Waals surface area contributed by atoms with E-state index in [1.807, 2.05) is 22.8 Å². The van der Waals surface area contributed by atoms with Gasteiger partial charge < -0.3 is 20.3 Å². The van der Waals surface area contributed by atoms with Gasteiger partial charge in [0.05, 0.1) is 24.2 Å². The van der Waals surface area contributed by atoms with Gasteiger partial charge in [0.1, 0.15) is 6.33 Å². The lowest BCUT2D eigenvalue weighted by Crippen LogP contribution is -2.39. The summed E-state index contributed by atoms with van der Waals surface area (Å²) in [5.41, 5.74) is 7.62. The van der Waals surface area contributed by atoms with Crippen molar-refractivity contribution in [2.45, 2.75) is 32.1 Å². The second-order valence-corrected chi connectivity index (χ2v) is 8.68. The van der Waals surface area contributed by atoms with Gasteiger partial charge in [0, 0.05) is 26.2 Å². The van der Waals surface area contributed by atoms with Crippen LogP contribution in [0.4, 0.5) is 11.9 Å². The molecule has 2 N–H and O–H groups in total. The molecule has 1 unspecified atom stereocenters. The molecule has 0 spiro atoms. The average molecular weight is 437 g/mol. The monoisotopic (exact) mass is 436 g/mol. The summed E-state index contributed by atoms with van der Waals surface area (Å²) in [4.78, 5) is 23.8. The predicted molar refractivity (Wildman–Crippen MR) is 125 cm³/mol. The van der Waals surface area contributed by atoms with Crippen LogP contribution in [-0.2, 0) is 4.74 Å². The fraction of sp³-hybridized carbons (Fsp3) is 0.565. The van der Waals surface area contributed by atoms with E-state index < -0.39 is 0 Å². The molecule has 4 heterocycles. The lowest BCUT2D eigenvalue weighted by Gasteiger charge is -2.34. The number of anilines is 2. The molecular weight excluding hydrogens is 404 g/mol. The van der Waals surface area contributed by atoms with Crippen molar-refractivity contribution in [1.29, 1.82) is 0 Å². The summed E-state index contributed by atoms with van der Waals surface area (Å²) >= 11 is 0. The number of morpholine rings is 1. The number of aromatic nitrogens is 5. The molecule has 0 aliphatic carbocycles. The van der Waals surface area contributed by atoms with Crippen LogP contribution >= 0.6 is 0 Å². The minimum atomic E-state index is 0.621. The van der Waals surface area contributed by atoms with Crippen LogP contribution in [0.1, 0.15) is 32.1 Å². The molecule has 9 heteroatoms. The topological polar surface area (TPSA) is 98.2 Å². The number of hydrogen-bond acceptors (Lipinski definition) is 8. The molecule has 1 aromatic carbocycles. The number of hydrogen-bond donors (Lipinski definition) is 1. The van der Waals surface area contributed by atoms with Gasteiger partial charge in [-0.2, -0.15) is 15.0 Å². The summed E-state index contributed by atoms with van der Waals surface area (Å²) < 4.78 is 7.51. The van der Waals surface area contributed by atoms with Gasteiger partial charge in [0.2, 0.25) is 17.8 Å². The summed E-state index contributed by atoms with van der Waals surface area (Å²) in [6.45, 7) is 5.69. The van der Waals surface area contributed by atoms with E-state index in [9.17, 15) is 0 Å². The molecule has 2 aliphatic heterocycles. The van der Waals surface area contributed by atoms with Crippen LogP contribution in [-0.4, -0.2) is 70.4 Å². The van der Waals surface area contributed by atoms with Gasteiger partial charge in [-0.25, -0.2) is 4.98 Å². The van der Waals surface area contributed by atoms with Crippen LogP contribution in [0.3, 0.4) is 0 Å². The van der Waals surface area contributed by atoms with E-state index in [2.05, 4.69) is 20.9 Å². The molecule has 0 saturated carbocycles. The van der Waals surface area contributed by atoms with E-state index in [0.29, 0.717) is 25.1 Å². The quantitative estimate of drug-likeness (QED) is 0.564. The van der Waals surface area contributed by atoms with Crippen LogP contribution in [0, 0.1) is 5.92 Å². The third kappa shape index (κ3) is 4.54. The van der Waals surface area contributed by atoms with Crippen molar-refractivity contribution in [2.24, 2.45) is 11.7 Å². The Labute approximate surface area is 188 Å². The molecule has 2 saturated heterocycles. The second-order valence-electron chi connectivity index (χ2n) is 8.68. The third-order valence-corrected chi connectivity index (χ3v) is 6.43. The number of nitrogens with zero attached hydrogens (tertiary/aromatic N) is 7. The first-order chi connectivity index (χ1) is 15.8. The van der Waals surface area contributed by atoms with E-state index in [1.165, 1.54) is 19.3 Å². The Morgan fingerprint density at radius 3 is 2.56 bits per heavy atom. The average Bonchev–Trinajstić information content (AvgIpc) is 3.29. The third-order valence-electron chi connectivity index (χ3n) is 6.43. The van der Waals surface area contributed by atoms with Gasteiger partial charge in [-0.05, 0) is 50.3 Å². The fourth-order valence-electron chi connectivity index (χ4n) is 4.68. The number of para-hydroxylation sites is 2. The highest BCUT2D eigenvalue weighted by Gasteiger charge is 2.25. The molecule has 0 amide bonds. The molecule has 32 heavy (non-hydrogen) atoms. The van der Waals surface area contributed by atoms with Gasteiger partial charge in [0.25, 0.3) is 0 Å². The van der Waals surface area contributed by atoms with Crippen LogP contribution in [0.15, 0.2) is 30.6 Å². The number of fused-ring (bicyclic) bond motifs is 1. The maximum absolute atomic E-state index is 5.69. The van der Waals surface area contributed by atoms with Crippen molar-refractivity contribution in [3.05, 3.63) is 30.6 Å². The number of piperidine rings is 1. The van der Waals surface area contributed by atoms with Crippen molar-refractivity contribution in [3.8, 4) is 5.95 Å². The highest BCUT2D eigenvalue weighted by molar-refractivity contribution is 5.76. The molecular formula is C23H32N8O. The van der Waals surface area contributed by atoms with Crippen LogP contribution in [0.25, 0.3) is 17.0 Å². The number of ether oxygens (including phenoxy) is 1. The Kier molecular flexibility index (Phi) is 6.45. The van der Waals surface area contributed by atoms with Crippen molar-refractivity contribution < 1.29 is 4.74 Å². The molecule has 0 radical (unpaired) electrons. The zero-order valence-corrected chi connectivity index (χ0v) is 18.6. The molecule has 0 bridgehead atoms. The first kappa shape index (κ1) is 21.1. The molecule has 170 valence electrons. The first-order valence-corrected chi connectivity index (χ1v) is 11.8. The largest absolute Gasteiger partial charge is 0.378 e. The number of unbranched alkanes of at least 4 members (excludes halogenated alkanes) is 1.